The fraction of sp³-hybridized carbons (Fsp3) is 0. The Morgan fingerprint density at radius 2 is 1.52 bits per heavy atom. The van der Waals surface area contributed by atoms with E-state index in [2.05, 4.69) is 4.98 Å². The van der Waals surface area contributed by atoms with Crippen molar-refractivity contribution in [3.05, 3.63) is 75.0 Å². The van der Waals surface area contributed by atoms with E-state index >= 15 is 0 Å². The lowest BCUT2D eigenvalue weighted by atomic mass is 9.90. The van der Waals surface area contributed by atoms with Crippen molar-refractivity contribution in [2.45, 2.75) is 0 Å². The Morgan fingerprint density at radius 3 is 2.12 bits per heavy atom. The van der Waals surface area contributed by atoms with Crippen molar-refractivity contribution < 1.29 is 0 Å². The number of rotatable bonds is 2. The third kappa shape index (κ3) is 2.85. The van der Waals surface area contributed by atoms with Crippen molar-refractivity contribution >= 4 is 17.4 Å². The van der Waals surface area contributed by atoms with Crippen LogP contribution in [0.1, 0.15) is 11.1 Å². The van der Waals surface area contributed by atoms with Crippen LogP contribution in [0.5, 0.6) is 0 Å². The fourth-order valence-electron chi connectivity index (χ4n) is 2.69. The molecule has 5 nitrogen and oxygen atoms in total. The van der Waals surface area contributed by atoms with Crippen molar-refractivity contribution in [3.8, 4) is 34.4 Å². The van der Waals surface area contributed by atoms with Gasteiger partial charge in [-0.05, 0) is 28.8 Å². The number of halogens is 1. The van der Waals surface area contributed by atoms with Gasteiger partial charge in [0.2, 0.25) is 0 Å². The van der Waals surface area contributed by atoms with E-state index in [9.17, 15) is 15.3 Å². The molecule has 0 saturated heterocycles. The summed E-state index contributed by atoms with van der Waals surface area (Å²) in [4.78, 5) is 14.5. The number of nitrogens with two attached hydrogens (primary N) is 1. The molecule has 3 aromatic rings. The van der Waals surface area contributed by atoms with Crippen molar-refractivity contribution in [3.63, 3.8) is 0 Å². The number of H-pyrrole nitrogens is 1. The van der Waals surface area contributed by atoms with E-state index in [-0.39, 0.29) is 22.5 Å². The Labute approximate surface area is 148 Å². The summed E-state index contributed by atoms with van der Waals surface area (Å²) < 4.78 is 0. The van der Waals surface area contributed by atoms with Gasteiger partial charge >= 0.3 is 0 Å². The average Bonchev–Trinajstić information content (AvgIpc) is 2.62. The van der Waals surface area contributed by atoms with Gasteiger partial charge in [0.25, 0.3) is 5.56 Å². The summed E-state index contributed by atoms with van der Waals surface area (Å²) >= 11 is 5.94. The predicted molar refractivity (Wildman–Crippen MR) is 96.8 cm³/mol. The van der Waals surface area contributed by atoms with Crippen LogP contribution in [0.2, 0.25) is 5.02 Å². The molecule has 2 aromatic carbocycles. The highest BCUT2D eigenvalue weighted by molar-refractivity contribution is 6.30. The third-order valence-corrected chi connectivity index (χ3v) is 4.07. The number of hydrogen-bond donors (Lipinski definition) is 2. The molecule has 0 fully saturated rings. The molecular weight excluding hydrogens is 336 g/mol. The van der Waals surface area contributed by atoms with E-state index in [0.717, 1.165) is 11.1 Å². The lowest BCUT2D eigenvalue weighted by molar-refractivity contribution is 1.21. The van der Waals surface area contributed by atoms with E-state index in [1.807, 2.05) is 36.4 Å². The first-order chi connectivity index (χ1) is 12.1. The van der Waals surface area contributed by atoms with Gasteiger partial charge in [-0.1, -0.05) is 48.0 Å². The zero-order chi connectivity index (χ0) is 18.0. The Morgan fingerprint density at radius 1 is 0.920 bits per heavy atom. The summed E-state index contributed by atoms with van der Waals surface area (Å²) in [6, 6.07) is 18.2. The van der Waals surface area contributed by atoms with Gasteiger partial charge in [0, 0.05) is 10.6 Å². The summed E-state index contributed by atoms with van der Waals surface area (Å²) in [5.41, 5.74) is 7.51. The van der Waals surface area contributed by atoms with Crippen molar-refractivity contribution in [1.82, 2.24) is 4.98 Å². The molecule has 0 aliphatic rings. The molecule has 3 N–H and O–H groups in total. The first kappa shape index (κ1) is 16.3. The van der Waals surface area contributed by atoms with Crippen LogP contribution >= 0.6 is 11.6 Å². The van der Waals surface area contributed by atoms with Gasteiger partial charge in [-0.2, -0.15) is 10.5 Å². The third-order valence-electron chi connectivity index (χ3n) is 3.82. The van der Waals surface area contributed by atoms with Crippen LogP contribution in [0.15, 0.2) is 53.3 Å². The minimum Gasteiger partial charge on any atom is -0.384 e. The topological polar surface area (TPSA) is 106 Å². The molecule has 0 unspecified atom stereocenters. The van der Waals surface area contributed by atoms with Gasteiger partial charge in [-0.3, -0.25) is 4.79 Å². The Hall–Kier alpha value is -3.54. The maximum atomic E-state index is 12.1. The molecule has 0 amide bonds. The van der Waals surface area contributed by atoms with Crippen LogP contribution in [0, 0.1) is 22.7 Å². The zero-order valence-electron chi connectivity index (χ0n) is 12.9. The van der Waals surface area contributed by atoms with Crippen LogP contribution < -0.4 is 11.3 Å². The van der Waals surface area contributed by atoms with Gasteiger partial charge in [-0.25, -0.2) is 0 Å². The second kappa shape index (κ2) is 6.52. The summed E-state index contributed by atoms with van der Waals surface area (Å²) in [6.45, 7) is 0. The maximum absolute atomic E-state index is 12.1. The van der Waals surface area contributed by atoms with Crippen molar-refractivity contribution in [2.24, 2.45) is 0 Å². The van der Waals surface area contributed by atoms with Crippen LogP contribution in [0.3, 0.4) is 0 Å². The Bertz CT molecular complexity index is 1100. The molecule has 1 heterocycles. The van der Waals surface area contributed by atoms with Crippen molar-refractivity contribution in [1.29, 1.82) is 10.5 Å². The van der Waals surface area contributed by atoms with E-state index < -0.39 is 5.56 Å². The highest BCUT2D eigenvalue weighted by Crippen LogP contribution is 2.36. The van der Waals surface area contributed by atoms with E-state index in [0.29, 0.717) is 10.6 Å². The summed E-state index contributed by atoms with van der Waals surface area (Å²) in [5.74, 6) is -0.0626. The molecule has 1 aromatic heterocycles. The largest absolute Gasteiger partial charge is 0.384 e. The average molecular weight is 347 g/mol. The number of anilines is 1. The van der Waals surface area contributed by atoms with Gasteiger partial charge in [0.15, 0.2) is 0 Å². The molecule has 0 aliphatic carbocycles. The zero-order valence-corrected chi connectivity index (χ0v) is 13.6. The number of aromatic nitrogens is 1. The molecule has 0 atom stereocenters. The molecule has 0 saturated carbocycles. The highest BCUT2D eigenvalue weighted by atomic mass is 35.5. The number of nitrogens with one attached hydrogen (secondary N) is 1. The summed E-state index contributed by atoms with van der Waals surface area (Å²) in [6.07, 6.45) is 0. The first-order valence-corrected chi connectivity index (χ1v) is 7.66. The van der Waals surface area contributed by atoms with Crippen LogP contribution in [-0.2, 0) is 0 Å². The second-order valence-corrected chi connectivity index (χ2v) is 5.71. The molecule has 0 bridgehead atoms. The van der Waals surface area contributed by atoms with Crippen LogP contribution in [-0.4, -0.2) is 4.98 Å². The van der Waals surface area contributed by atoms with Gasteiger partial charge < -0.3 is 10.7 Å². The molecule has 25 heavy (non-hydrogen) atoms. The molecule has 120 valence electrons. The number of aromatic amines is 1. The smallest absolute Gasteiger partial charge is 0.268 e. The molecule has 6 heteroatoms. The summed E-state index contributed by atoms with van der Waals surface area (Å²) in [5, 5.41) is 19.5. The number of hydrogen-bond acceptors (Lipinski definition) is 4. The van der Waals surface area contributed by atoms with E-state index in [4.69, 9.17) is 17.3 Å². The quantitative estimate of drug-likeness (QED) is 0.737. The fourth-order valence-corrected chi connectivity index (χ4v) is 2.82. The van der Waals surface area contributed by atoms with Gasteiger partial charge in [0.1, 0.15) is 29.1 Å². The lowest BCUT2D eigenvalue weighted by Crippen LogP contribution is -2.16. The van der Waals surface area contributed by atoms with Gasteiger partial charge in [0.05, 0.1) is 0 Å². The number of nitriles is 2. The highest BCUT2D eigenvalue weighted by Gasteiger charge is 2.20. The molecule has 0 aliphatic heterocycles. The number of nitrogens with zero attached hydrogens (tertiary/aromatic N) is 2. The first-order valence-electron chi connectivity index (χ1n) is 7.28. The minimum atomic E-state index is -0.625. The van der Waals surface area contributed by atoms with Crippen LogP contribution in [0.25, 0.3) is 22.3 Å². The minimum absolute atomic E-state index is 0.0626. The van der Waals surface area contributed by atoms with E-state index in [1.165, 1.54) is 0 Å². The predicted octanol–water partition coefficient (Wildman–Crippen LogP) is 3.69. The second-order valence-electron chi connectivity index (χ2n) is 5.27. The molecule has 0 radical (unpaired) electrons. The normalized spacial score (nSPS) is 10.0. The van der Waals surface area contributed by atoms with E-state index in [1.54, 1.807) is 24.3 Å². The Kier molecular flexibility index (Phi) is 4.26. The monoisotopic (exact) mass is 346 g/mol. The standard InChI is InChI=1S/C19H11ClN4O/c20-12-7-5-11(6-8-12)13-3-1-2-4-14(13)17-15(9-21)18(23)24-19(25)16(17)10-22/h1-8H,(H3,23,24,25). The number of pyridine rings is 1. The SMILES string of the molecule is N#Cc1c(N)[nH]c(=O)c(C#N)c1-c1ccccc1-c1ccc(Cl)cc1. The Balaban J connectivity index is 2.41. The lowest BCUT2D eigenvalue weighted by Gasteiger charge is -2.13. The summed E-state index contributed by atoms with van der Waals surface area (Å²) in [7, 11) is 0. The number of benzene rings is 2. The van der Waals surface area contributed by atoms with Crippen molar-refractivity contribution in [2.75, 3.05) is 5.73 Å². The van der Waals surface area contributed by atoms with Gasteiger partial charge in [-0.15, -0.1) is 0 Å². The molecule has 0 spiro atoms. The maximum Gasteiger partial charge on any atom is 0.268 e. The van der Waals surface area contributed by atoms with Crippen LogP contribution in [0.4, 0.5) is 5.82 Å². The molecular formula is C19H11ClN4O. The molecule has 3 rings (SSSR count). The number of nitrogen functional groups attached to an aromatic ring is 1.